The molecular formula is C24H28ClFN4O3. The number of carboxylic acids is 1. The van der Waals surface area contributed by atoms with E-state index in [1.165, 1.54) is 25.1 Å². The molecule has 1 atom stereocenters. The highest BCUT2D eigenvalue weighted by atomic mass is 35.5. The van der Waals surface area contributed by atoms with Gasteiger partial charge in [-0.2, -0.15) is 0 Å². The summed E-state index contributed by atoms with van der Waals surface area (Å²) in [7, 11) is 0. The highest BCUT2D eigenvalue weighted by Crippen LogP contribution is 2.58. The summed E-state index contributed by atoms with van der Waals surface area (Å²) in [4.78, 5) is 31.2. The van der Waals surface area contributed by atoms with E-state index in [9.17, 15) is 14.7 Å². The van der Waals surface area contributed by atoms with Gasteiger partial charge in [0.2, 0.25) is 5.43 Å². The van der Waals surface area contributed by atoms with Gasteiger partial charge in [-0.3, -0.25) is 9.69 Å². The summed E-state index contributed by atoms with van der Waals surface area (Å²) in [6.07, 6.45) is 6.00. The number of H-pyrrole nitrogens is 1. The van der Waals surface area contributed by atoms with Crippen LogP contribution in [0.2, 0.25) is 0 Å². The summed E-state index contributed by atoms with van der Waals surface area (Å²) in [6, 6.07) is 1.19. The third kappa shape index (κ3) is 3.29. The second-order valence-corrected chi connectivity index (χ2v) is 10.8. The number of anilines is 1. The molecule has 6 rings (SSSR count). The van der Waals surface area contributed by atoms with Gasteiger partial charge in [0.15, 0.2) is 0 Å². The van der Waals surface area contributed by atoms with Gasteiger partial charge in [-0.15, -0.1) is 11.6 Å². The molecule has 33 heavy (non-hydrogen) atoms. The predicted molar refractivity (Wildman–Crippen MR) is 125 cm³/mol. The number of hydrogen-bond acceptors (Lipinski definition) is 5. The normalized spacial score (nSPS) is 26.0. The molecule has 2 saturated carbocycles. The Balaban J connectivity index is 1.40. The molecule has 9 heteroatoms. The first-order chi connectivity index (χ1) is 15.8. The fraction of sp³-hybridized carbons (Fsp3) is 0.583. The highest BCUT2D eigenvalue weighted by molar-refractivity contribution is 6.27. The number of aromatic carboxylic acids is 1. The molecule has 0 bridgehead atoms. The predicted octanol–water partition coefficient (Wildman–Crippen LogP) is 2.86. The lowest BCUT2D eigenvalue weighted by Crippen LogP contribution is -2.53. The molecule has 2 aliphatic heterocycles. The van der Waals surface area contributed by atoms with Gasteiger partial charge in [0.25, 0.3) is 0 Å². The van der Waals surface area contributed by atoms with Crippen LogP contribution in [0.25, 0.3) is 10.9 Å². The van der Waals surface area contributed by atoms with Crippen LogP contribution in [0, 0.1) is 11.7 Å². The Bertz CT molecular complexity index is 1200. The Hall–Kier alpha value is -2.16. The molecule has 2 saturated heterocycles. The summed E-state index contributed by atoms with van der Waals surface area (Å²) in [5, 5.41) is 12.8. The lowest BCUT2D eigenvalue weighted by molar-refractivity contribution is 0.0695. The van der Waals surface area contributed by atoms with Crippen LogP contribution < -0.4 is 15.6 Å². The fourth-order valence-corrected chi connectivity index (χ4v) is 6.49. The Morgan fingerprint density at radius 3 is 2.55 bits per heavy atom. The number of aromatic nitrogens is 1. The van der Waals surface area contributed by atoms with Crippen molar-refractivity contribution < 1.29 is 14.3 Å². The molecule has 1 unspecified atom stereocenters. The van der Waals surface area contributed by atoms with Crippen molar-refractivity contribution in [2.45, 2.75) is 42.5 Å². The lowest BCUT2D eigenvalue weighted by atomic mass is 9.94. The van der Waals surface area contributed by atoms with Crippen molar-refractivity contribution in [3.63, 3.8) is 0 Å². The van der Waals surface area contributed by atoms with E-state index in [1.807, 2.05) is 0 Å². The van der Waals surface area contributed by atoms with Gasteiger partial charge >= 0.3 is 5.97 Å². The summed E-state index contributed by atoms with van der Waals surface area (Å²) in [5.41, 5.74) is 0.702. The molecule has 7 nitrogen and oxygen atoms in total. The van der Waals surface area contributed by atoms with E-state index in [0.29, 0.717) is 35.5 Å². The number of hydrogen-bond donors (Lipinski definition) is 3. The maximum atomic E-state index is 15.7. The van der Waals surface area contributed by atoms with Crippen LogP contribution in [-0.2, 0) is 4.87 Å². The first-order valence-electron chi connectivity index (χ1n) is 11.9. The van der Waals surface area contributed by atoms with E-state index in [1.54, 1.807) is 0 Å². The van der Waals surface area contributed by atoms with Gasteiger partial charge < -0.3 is 20.3 Å². The Morgan fingerprint density at radius 1 is 1.18 bits per heavy atom. The second kappa shape index (κ2) is 7.42. The number of alkyl halides is 1. The van der Waals surface area contributed by atoms with Crippen molar-refractivity contribution in [3.8, 4) is 0 Å². The smallest absolute Gasteiger partial charge is 0.341 e. The molecule has 4 aliphatic rings. The van der Waals surface area contributed by atoms with Crippen molar-refractivity contribution in [2.24, 2.45) is 5.92 Å². The van der Waals surface area contributed by atoms with Crippen molar-refractivity contribution in [1.82, 2.24) is 15.2 Å². The molecule has 0 radical (unpaired) electrons. The molecule has 2 aliphatic carbocycles. The van der Waals surface area contributed by atoms with E-state index >= 15 is 4.39 Å². The van der Waals surface area contributed by atoms with Crippen LogP contribution in [0.4, 0.5) is 10.1 Å². The molecule has 1 aromatic carbocycles. The van der Waals surface area contributed by atoms with Gasteiger partial charge in [0.05, 0.1) is 16.1 Å². The largest absolute Gasteiger partial charge is 0.477 e. The molecular weight excluding hydrogens is 447 g/mol. The lowest BCUT2D eigenvalue weighted by Gasteiger charge is -2.39. The number of carboxylic acid groups (broad SMARTS) is 1. The molecule has 0 amide bonds. The van der Waals surface area contributed by atoms with Crippen LogP contribution in [0.3, 0.4) is 0 Å². The van der Waals surface area contributed by atoms with Gasteiger partial charge in [-0.1, -0.05) is 0 Å². The van der Waals surface area contributed by atoms with Crippen LogP contribution in [0.1, 0.15) is 48.0 Å². The number of benzene rings is 1. The van der Waals surface area contributed by atoms with E-state index in [-0.39, 0.29) is 10.9 Å². The van der Waals surface area contributed by atoms with E-state index < -0.39 is 27.7 Å². The number of rotatable bonds is 5. The van der Waals surface area contributed by atoms with Crippen LogP contribution in [0.15, 0.2) is 17.1 Å². The summed E-state index contributed by atoms with van der Waals surface area (Å²) >= 11 is 6.87. The molecule has 176 valence electrons. The van der Waals surface area contributed by atoms with Gasteiger partial charge in [0, 0.05) is 62.0 Å². The first-order valence-corrected chi connectivity index (χ1v) is 12.2. The van der Waals surface area contributed by atoms with Gasteiger partial charge in [0.1, 0.15) is 11.4 Å². The number of nitrogens with zero attached hydrogens (tertiary/aromatic N) is 2. The Labute approximate surface area is 195 Å². The summed E-state index contributed by atoms with van der Waals surface area (Å²) in [6.45, 7) is 5.67. The first kappa shape index (κ1) is 21.4. The standard InChI is InChI=1S/C24H28ClFN4O3/c25-23(2-3-23)18-19-15(21(31)16(12-28-19)22(32)33)11-17(26)20(18)29-8-1-14(13-29)24(4-5-24)30-9-6-27-7-10-30/h11-12,14,27H,1-10,13H2,(H,28,31)(H,32,33). The van der Waals surface area contributed by atoms with Crippen molar-refractivity contribution in [3.05, 3.63) is 39.4 Å². The number of pyridine rings is 1. The molecule has 3 heterocycles. The topological polar surface area (TPSA) is 88.7 Å². The number of nitrogens with one attached hydrogen (secondary N) is 2. The number of piperazine rings is 1. The van der Waals surface area contributed by atoms with Crippen molar-refractivity contribution in [2.75, 3.05) is 44.2 Å². The molecule has 2 aromatic rings. The number of carbonyl (C=O) groups is 1. The zero-order chi connectivity index (χ0) is 23.0. The van der Waals surface area contributed by atoms with Gasteiger partial charge in [-0.05, 0) is 44.1 Å². The minimum absolute atomic E-state index is 0.0494. The second-order valence-electron chi connectivity index (χ2n) is 10.1. The third-order valence-electron chi connectivity index (χ3n) is 8.24. The maximum absolute atomic E-state index is 15.7. The highest BCUT2D eigenvalue weighted by Gasteiger charge is 2.56. The van der Waals surface area contributed by atoms with Crippen molar-refractivity contribution >= 4 is 34.2 Å². The summed E-state index contributed by atoms with van der Waals surface area (Å²) in [5.74, 6) is -1.36. The average Bonchev–Trinajstić information content (AvgIpc) is 3.72. The van der Waals surface area contributed by atoms with E-state index in [4.69, 9.17) is 11.6 Å². The number of halogens is 2. The quantitative estimate of drug-likeness (QED) is 0.577. The van der Waals surface area contributed by atoms with Gasteiger partial charge in [-0.25, -0.2) is 9.18 Å². The minimum Gasteiger partial charge on any atom is -0.477 e. The molecule has 0 spiro atoms. The Kier molecular flexibility index (Phi) is 4.81. The van der Waals surface area contributed by atoms with Crippen LogP contribution in [-0.4, -0.2) is 65.8 Å². The van der Waals surface area contributed by atoms with Crippen LogP contribution >= 0.6 is 11.6 Å². The zero-order valence-electron chi connectivity index (χ0n) is 18.4. The maximum Gasteiger partial charge on any atom is 0.341 e. The molecule has 1 aromatic heterocycles. The number of fused-ring (bicyclic) bond motifs is 1. The zero-order valence-corrected chi connectivity index (χ0v) is 19.2. The molecule has 4 fully saturated rings. The Morgan fingerprint density at radius 2 is 1.91 bits per heavy atom. The summed E-state index contributed by atoms with van der Waals surface area (Å²) < 4.78 is 15.7. The fourth-order valence-electron chi connectivity index (χ4n) is 6.21. The third-order valence-corrected chi connectivity index (χ3v) is 8.81. The average molecular weight is 475 g/mol. The van der Waals surface area contributed by atoms with Crippen molar-refractivity contribution in [1.29, 1.82) is 0 Å². The van der Waals surface area contributed by atoms with E-state index in [0.717, 1.165) is 45.7 Å². The SMILES string of the molecule is O=C(O)c1c[nH]c2c(C3(Cl)CC3)c(N3CCC(C4(N5CCNCC5)CC4)C3)c(F)cc2c1=O. The van der Waals surface area contributed by atoms with Crippen LogP contribution in [0.5, 0.6) is 0 Å². The van der Waals surface area contributed by atoms with E-state index in [2.05, 4.69) is 20.1 Å². The monoisotopic (exact) mass is 474 g/mol. The minimum atomic E-state index is -1.33. The number of aromatic amines is 1. The molecule has 3 N–H and O–H groups in total.